The second-order valence-electron chi connectivity index (χ2n) is 3.98. The van der Waals surface area contributed by atoms with Crippen LogP contribution in [0.25, 0.3) is 0 Å². The van der Waals surface area contributed by atoms with Gasteiger partial charge < -0.3 is 16.4 Å². The first-order chi connectivity index (χ1) is 8.25. The van der Waals surface area contributed by atoms with E-state index in [1.165, 1.54) is 0 Å². The molecule has 0 radical (unpaired) electrons. The van der Waals surface area contributed by atoms with Crippen LogP contribution in [0.1, 0.15) is 12.8 Å². The normalized spacial score (nSPS) is 16.0. The SMILES string of the molecule is NC(N)=NC(=Nc1ccccc1)N1CCCC1. The number of guanidine groups is 2. The molecule has 0 amide bonds. The Hall–Kier alpha value is -2.04. The van der Waals surface area contributed by atoms with Gasteiger partial charge in [0.05, 0.1) is 5.69 Å². The molecule has 1 aromatic rings. The zero-order chi connectivity index (χ0) is 12.1. The van der Waals surface area contributed by atoms with Gasteiger partial charge in [0.1, 0.15) is 0 Å². The molecule has 5 nitrogen and oxygen atoms in total. The molecule has 5 heteroatoms. The zero-order valence-corrected chi connectivity index (χ0v) is 9.71. The lowest BCUT2D eigenvalue weighted by Gasteiger charge is -2.16. The Morgan fingerprint density at radius 1 is 1.06 bits per heavy atom. The van der Waals surface area contributed by atoms with E-state index in [-0.39, 0.29) is 5.96 Å². The molecule has 1 aliphatic rings. The van der Waals surface area contributed by atoms with E-state index >= 15 is 0 Å². The molecule has 1 fully saturated rings. The van der Waals surface area contributed by atoms with Gasteiger partial charge in [0.2, 0.25) is 5.96 Å². The van der Waals surface area contributed by atoms with E-state index in [9.17, 15) is 0 Å². The summed E-state index contributed by atoms with van der Waals surface area (Å²) in [6.45, 7) is 1.92. The monoisotopic (exact) mass is 231 g/mol. The van der Waals surface area contributed by atoms with E-state index in [2.05, 4.69) is 14.9 Å². The van der Waals surface area contributed by atoms with Crippen LogP contribution in [0.5, 0.6) is 0 Å². The van der Waals surface area contributed by atoms with Crippen molar-refractivity contribution in [1.82, 2.24) is 4.90 Å². The Balaban J connectivity index is 2.26. The fourth-order valence-corrected chi connectivity index (χ4v) is 1.82. The van der Waals surface area contributed by atoms with Crippen molar-refractivity contribution in [3.63, 3.8) is 0 Å². The maximum atomic E-state index is 5.43. The predicted octanol–water partition coefficient (Wildman–Crippen LogP) is 1.04. The molecule has 0 aromatic heterocycles. The van der Waals surface area contributed by atoms with Gasteiger partial charge in [0.25, 0.3) is 0 Å². The van der Waals surface area contributed by atoms with E-state index in [0.717, 1.165) is 31.6 Å². The van der Waals surface area contributed by atoms with Crippen molar-refractivity contribution >= 4 is 17.6 Å². The molecular weight excluding hydrogens is 214 g/mol. The molecule has 4 N–H and O–H groups in total. The number of benzene rings is 1. The molecule has 0 unspecified atom stereocenters. The largest absolute Gasteiger partial charge is 0.370 e. The van der Waals surface area contributed by atoms with Crippen molar-refractivity contribution < 1.29 is 0 Å². The van der Waals surface area contributed by atoms with E-state index in [4.69, 9.17) is 11.5 Å². The third-order valence-electron chi connectivity index (χ3n) is 2.60. The lowest BCUT2D eigenvalue weighted by atomic mass is 10.3. The average molecular weight is 231 g/mol. The summed E-state index contributed by atoms with van der Waals surface area (Å²) in [6, 6.07) is 9.69. The number of likely N-dealkylation sites (tertiary alicyclic amines) is 1. The van der Waals surface area contributed by atoms with Crippen molar-refractivity contribution in [3.05, 3.63) is 30.3 Å². The number of rotatable bonds is 1. The third-order valence-corrected chi connectivity index (χ3v) is 2.60. The quantitative estimate of drug-likeness (QED) is 0.560. The molecule has 0 aliphatic carbocycles. The number of aliphatic imine (C=N–C) groups is 2. The van der Waals surface area contributed by atoms with Gasteiger partial charge >= 0.3 is 0 Å². The second kappa shape index (κ2) is 5.34. The fourth-order valence-electron chi connectivity index (χ4n) is 1.82. The standard InChI is InChI=1S/C12H17N5/c13-11(14)16-12(17-8-4-5-9-17)15-10-6-2-1-3-7-10/h1-3,6-7H,4-5,8-9H2,(H4,13,14,15,16). The van der Waals surface area contributed by atoms with E-state index < -0.39 is 0 Å². The number of hydrogen-bond acceptors (Lipinski definition) is 1. The zero-order valence-electron chi connectivity index (χ0n) is 9.71. The number of nitrogens with two attached hydrogens (primary N) is 2. The Labute approximate surface area is 101 Å². The molecule has 2 rings (SSSR count). The van der Waals surface area contributed by atoms with Crippen LogP contribution in [-0.4, -0.2) is 29.9 Å². The molecule has 0 saturated carbocycles. The van der Waals surface area contributed by atoms with Crippen molar-refractivity contribution in [3.8, 4) is 0 Å². The van der Waals surface area contributed by atoms with Crippen LogP contribution in [-0.2, 0) is 0 Å². The van der Waals surface area contributed by atoms with Crippen LogP contribution in [0.3, 0.4) is 0 Å². The Bertz CT molecular complexity index is 414. The summed E-state index contributed by atoms with van der Waals surface area (Å²) in [4.78, 5) is 10.7. The topological polar surface area (TPSA) is 80.0 Å². The first-order valence-corrected chi connectivity index (χ1v) is 5.74. The maximum Gasteiger partial charge on any atom is 0.229 e. The van der Waals surface area contributed by atoms with Crippen molar-refractivity contribution in [2.45, 2.75) is 12.8 Å². The van der Waals surface area contributed by atoms with Crippen molar-refractivity contribution in [2.24, 2.45) is 21.5 Å². The summed E-state index contributed by atoms with van der Waals surface area (Å²) < 4.78 is 0. The molecular formula is C12H17N5. The van der Waals surface area contributed by atoms with E-state index in [0.29, 0.717) is 5.96 Å². The highest BCUT2D eigenvalue weighted by molar-refractivity contribution is 5.94. The lowest BCUT2D eigenvalue weighted by Crippen LogP contribution is -2.31. The summed E-state index contributed by atoms with van der Waals surface area (Å²) in [5.41, 5.74) is 11.7. The highest BCUT2D eigenvalue weighted by atomic mass is 15.3. The number of para-hydroxylation sites is 1. The molecule has 0 atom stereocenters. The van der Waals surface area contributed by atoms with Gasteiger partial charge in [0.15, 0.2) is 5.96 Å². The summed E-state index contributed by atoms with van der Waals surface area (Å²) in [7, 11) is 0. The molecule has 1 aromatic carbocycles. The average Bonchev–Trinajstić information content (AvgIpc) is 2.82. The third kappa shape index (κ3) is 3.21. The second-order valence-corrected chi connectivity index (χ2v) is 3.98. The van der Waals surface area contributed by atoms with Crippen molar-refractivity contribution in [2.75, 3.05) is 13.1 Å². The molecule has 1 saturated heterocycles. The lowest BCUT2D eigenvalue weighted by molar-refractivity contribution is 0.514. The molecule has 1 heterocycles. The predicted molar refractivity (Wildman–Crippen MR) is 70.2 cm³/mol. The summed E-state index contributed by atoms with van der Waals surface area (Å²) in [5.74, 6) is 0.653. The molecule has 0 bridgehead atoms. The molecule has 17 heavy (non-hydrogen) atoms. The maximum absolute atomic E-state index is 5.43. The van der Waals surface area contributed by atoms with Crippen LogP contribution < -0.4 is 11.5 Å². The van der Waals surface area contributed by atoms with Crippen LogP contribution >= 0.6 is 0 Å². The Morgan fingerprint density at radius 2 is 1.71 bits per heavy atom. The Morgan fingerprint density at radius 3 is 2.29 bits per heavy atom. The molecule has 0 spiro atoms. The van der Waals surface area contributed by atoms with Gasteiger partial charge in [0, 0.05) is 13.1 Å². The van der Waals surface area contributed by atoms with Crippen molar-refractivity contribution in [1.29, 1.82) is 0 Å². The number of nitrogens with zero attached hydrogens (tertiary/aromatic N) is 3. The van der Waals surface area contributed by atoms with Gasteiger partial charge in [-0.25, -0.2) is 4.99 Å². The van der Waals surface area contributed by atoms with Gasteiger partial charge in [-0.05, 0) is 25.0 Å². The van der Waals surface area contributed by atoms with Crippen LogP contribution in [0.15, 0.2) is 40.3 Å². The first-order valence-electron chi connectivity index (χ1n) is 5.74. The minimum Gasteiger partial charge on any atom is -0.370 e. The van der Waals surface area contributed by atoms with Crippen LogP contribution in [0.4, 0.5) is 5.69 Å². The fraction of sp³-hybridized carbons (Fsp3) is 0.333. The Kier molecular flexibility index (Phi) is 3.59. The van der Waals surface area contributed by atoms with Gasteiger partial charge in [-0.1, -0.05) is 18.2 Å². The summed E-state index contributed by atoms with van der Waals surface area (Å²) >= 11 is 0. The molecule has 90 valence electrons. The van der Waals surface area contributed by atoms with Gasteiger partial charge in [-0.3, -0.25) is 0 Å². The highest BCUT2D eigenvalue weighted by Crippen LogP contribution is 2.15. The first kappa shape index (κ1) is 11.4. The summed E-state index contributed by atoms with van der Waals surface area (Å²) in [6.07, 6.45) is 2.32. The highest BCUT2D eigenvalue weighted by Gasteiger charge is 2.15. The number of hydrogen-bond donors (Lipinski definition) is 2. The molecule has 1 aliphatic heterocycles. The summed E-state index contributed by atoms with van der Waals surface area (Å²) in [5, 5.41) is 0. The van der Waals surface area contributed by atoms with E-state index in [1.54, 1.807) is 0 Å². The smallest absolute Gasteiger partial charge is 0.229 e. The minimum absolute atomic E-state index is 0.0478. The minimum atomic E-state index is 0.0478. The van der Waals surface area contributed by atoms with Gasteiger partial charge in [-0.15, -0.1) is 0 Å². The van der Waals surface area contributed by atoms with Gasteiger partial charge in [-0.2, -0.15) is 4.99 Å². The van der Waals surface area contributed by atoms with Crippen LogP contribution in [0.2, 0.25) is 0 Å². The van der Waals surface area contributed by atoms with Crippen LogP contribution in [0, 0.1) is 0 Å². The van der Waals surface area contributed by atoms with E-state index in [1.807, 2.05) is 30.3 Å².